The van der Waals surface area contributed by atoms with Crippen molar-refractivity contribution in [2.45, 2.75) is 56.5 Å². The Morgan fingerprint density at radius 2 is 2.05 bits per heavy atom. The van der Waals surface area contributed by atoms with E-state index in [0.717, 1.165) is 61.7 Å². The smallest absolute Gasteiger partial charge is 0.262 e. The molecule has 5 atom stereocenters. The molecule has 6 nitrogen and oxygen atoms in total. The lowest BCUT2D eigenvalue weighted by atomic mass is 9.68. The fourth-order valence-electron chi connectivity index (χ4n) is 6.93. The number of carbonyl (C=O) groups is 1. The average molecular weight is 569 g/mol. The van der Waals surface area contributed by atoms with Gasteiger partial charge in [0.05, 0.1) is 18.4 Å². The molecule has 1 fully saturated rings. The maximum atomic E-state index is 13.2. The highest BCUT2D eigenvalue weighted by molar-refractivity contribution is 7.99. The maximum Gasteiger partial charge on any atom is 0.262 e. The summed E-state index contributed by atoms with van der Waals surface area (Å²) < 4.78 is 22.2. The molecular weight excluding hydrogens is 532 g/mol. The van der Waals surface area contributed by atoms with Gasteiger partial charge in [0.2, 0.25) is 0 Å². The molecule has 4 aliphatic rings. The zero-order valence-electron chi connectivity index (χ0n) is 22.2. The summed E-state index contributed by atoms with van der Waals surface area (Å²) in [6.45, 7) is 2.08. The number of hydrogen-bond donors (Lipinski definition) is 2. The Hall–Kier alpha value is -2.48. The van der Waals surface area contributed by atoms with Gasteiger partial charge in [-0.1, -0.05) is 29.8 Å². The molecule has 2 aromatic carbocycles. The summed E-state index contributed by atoms with van der Waals surface area (Å²) in [5.74, 6) is 5.00. The largest absolute Gasteiger partial charge is 0.490 e. The lowest BCUT2D eigenvalue weighted by molar-refractivity contribution is 0.0177. The molecule has 0 radical (unpaired) electrons. The average Bonchev–Trinajstić information content (AvgIpc) is 3.02. The molecule has 208 valence electrons. The maximum absolute atomic E-state index is 13.2. The van der Waals surface area contributed by atoms with Gasteiger partial charge in [-0.05, 0) is 104 Å². The van der Waals surface area contributed by atoms with Crippen molar-refractivity contribution in [3.8, 4) is 5.75 Å². The Bertz CT molecular complexity index is 1410. The predicted octanol–water partition coefficient (Wildman–Crippen LogP) is 4.91. The topological polar surface area (TPSA) is 78.9 Å². The molecule has 1 saturated carbocycles. The number of aryl methyl sites for hydroxylation is 1. The van der Waals surface area contributed by atoms with Crippen LogP contribution in [0.25, 0.3) is 0 Å². The van der Waals surface area contributed by atoms with Gasteiger partial charge in [0.25, 0.3) is 5.91 Å². The molecule has 2 aliphatic heterocycles. The second-order valence-corrected chi connectivity index (χ2v) is 14.5. The summed E-state index contributed by atoms with van der Waals surface area (Å²) in [6, 6.07) is 11.7. The molecule has 0 aromatic heterocycles. The van der Waals surface area contributed by atoms with Crippen LogP contribution in [0.5, 0.6) is 5.75 Å². The normalized spacial score (nSPS) is 33.5. The van der Waals surface area contributed by atoms with Gasteiger partial charge >= 0.3 is 0 Å². The van der Waals surface area contributed by atoms with Crippen molar-refractivity contribution in [1.29, 1.82) is 0 Å². The molecule has 1 spiro atoms. The molecule has 2 bridgehead atoms. The minimum Gasteiger partial charge on any atom is -0.490 e. The van der Waals surface area contributed by atoms with Crippen molar-refractivity contribution >= 4 is 38.8 Å². The summed E-state index contributed by atoms with van der Waals surface area (Å²) in [5.41, 5.74) is 3.69. The lowest BCUT2D eigenvalue weighted by Crippen LogP contribution is -2.49. The van der Waals surface area contributed by atoms with Crippen LogP contribution in [0, 0.1) is 11.8 Å². The Morgan fingerprint density at radius 1 is 1.18 bits per heavy atom. The number of hydrogen-bond acceptors (Lipinski definition) is 5. The first kappa shape index (κ1) is 26.7. The highest BCUT2D eigenvalue weighted by atomic mass is 35.5. The molecule has 2 aromatic rings. The van der Waals surface area contributed by atoms with Gasteiger partial charge in [-0.25, -0.2) is 4.21 Å². The zero-order chi connectivity index (χ0) is 27.2. The number of fused-ring (bicyclic) bond motifs is 4. The van der Waals surface area contributed by atoms with E-state index < -0.39 is 15.8 Å². The van der Waals surface area contributed by atoms with E-state index in [0.29, 0.717) is 30.9 Å². The van der Waals surface area contributed by atoms with Crippen LogP contribution in [-0.2, 0) is 21.5 Å². The fourth-order valence-corrected chi connectivity index (χ4v) is 8.20. The summed E-state index contributed by atoms with van der Waals surface area (Å²) in [6.07, 6.45) is 9.77. The third-order valence-corrected chi connectivity index (χ3v) is 10.8. The summed E-state index contributed by atoms with van der Waals surface area (Å²) in [5, 5.41) is 11.8. The van der Waals surface area contributed by atoms with E-state index in [4.69, 9.17) is 16.3 Å². The Morgan fingerprint density at radius 3 is 2.87 bits per heavy atom. The molecule has 39 heavy (non-hydrogen) atoms. The minimum absolute atomic E-state index is 0.206. The van der Waals surface area contributed by atoms with Crippen LogP contribution in [-0.4, -0.2) is 52.6 Å². The molecule has 2 N–H and O–H groups in total. The second-order valence-electron chi connectivity index (χ2n) is 11.8. The number of ether oxygens (including phenoxy) is 1. The first-order valence-corrected chi connectivity index (χ1v) is 16.3. The van der Waals surface area contributed by atoms with Crippen molar-refractivity contribution in [2.75, 3.05) is 30.3 Å². The lowest BCUT2D eigenvalue weighted by Gasteiger charge is -2.45. The number of nitrogens with zero attached hydrogens (tertiary/aromatic N) is 1. The van der Waals surface area contributed by atoms with Crippen molar-refractivity contribution in [3.05, 3.63) is 70.3 Å². The van der Waals surface area contributed by atoms with Gasteiger partial charge in [0.1, 0.15) is 5.75 Å². The predicted molar refractivity (Wildman–Crippen MR) is 158 cm³/mol. The van der Waals surface area contributed by atoms with E-state index in [2.05, 4.69) is 27.6 Å². The molecule has 2 heterocycles. The van der Waals surface area contributed by atoms with E-state index in [1.807, 2.05) is 30.4 Å². The first-order chi connectivity index (χ1) is 18.7. The number of nitrogens with one attached hydrogen (secondary N) is 1. The van der Waals surface area contributed by atoms with E-state index in [9.17, 15) is 14.1 Å². The number of halogens is 1. The minimum atomic E-state index is -2.80. The molecule has 1 unspecified atom stereocenters. The monoisotopic (exact) mass is 568 g/mol. The van der Waals surface area contributed by atoms with E-state index in [1.165, 1.54) is 11.1 Å². The number of aliphatic hydroxyl groups excluding tert-OH is 1. The van der Waals surface area contributed by atoms with Crippen LogP contribution in [0.3, 0.4) is 0 Å². The number of allylic oxidation sites excluding steroid dienone is 1. The van der Waals surface area contributed by atoms with Crippen LogP contribution in [0.4, 0.5) is 5.69 Å². The Kier molecular flexibility index (Phi) is 7.19. The van der Waals surface area contributed by atoms with Crippen LogP contribution < -0.4 is 14.4 Å². The molecule has 1 amide bonds. The van der Waals surface area contributed by atoms with Crippen LogP contribution in [0.1, 0.15) is 60.0 Å². The number of anilines is 1. The van der Waals surface area contributed by atoms with Gasteiger partial charge in [-0.15, -0.1) is 0 Å². The van der Waals surface area contributed by atoms with Gasteiger partial charge in [0.15, 0.2) is 0 Å². The van der Waals surface area contributed by atoms with Crippen molar-refractivity contribution in [1.82, 2.24) is 4.72 Å². The van der Waals surface area contributed by atoms with E-state index in [1.54, 1.807) is 6.07 Å². The molecule has 6 rings (SSSR count). The van der Waals surface area contributed by atoms with Gasteiger partial charge in [0, 0.05) is 44.6 Å². The van der Waals surface area contributed by atoms with Crippen molar-refractivity contribution < 1.29 is 18.8 Å². The third kappa shape index (κ3) is 5.33. The second kappa shape index (κ2) is 10.5. The van der Waals surface area contributed by atoms with Gasteiger partial charge in [-0.2, -0.15) is 0 Å². The number of rotatable bonds is 0. The molecule has 2 aliphatic carbocycles. The number of carbonyl (C=O) groups excluding carboxylic acids is 1. The highest BCUT2D eigenvalue weighted by Gasteiger charge is 2.44. The Labute approximate surface area is 236 Å². The van der Waals surface area contributed by atoms with E-state index >= 15 is 0 Å². The van der Waals surface area contributed by atoms with Crippen LogP contribution >= 0.6 is 11.6 Å². The fraction of sp³-hybridized carbons (Fsp3) is 0.484. The van der Waals surface area contributed by atoms with E-state index in [-0.39, 0.29) is 23.0 Å². The Balaban J connectivity index is 1.41. The number of benzene rings is 2. The summed E-state index contributed by atoms with van der Waals surface area (Å²) in [7, 11) is -2.80. The molecule has 8 heteroatoms. The molecular formula is C31H37ClN2O4S. The van der Waals surface area contributed by atoms with Crippen LogP contribution in [0.2, 0.25) is 5.02 Å². The SMILES string of the molecule is C=S1(=O)CC/C=C/C[C@H](O)[C@@H]2CC[C@H]2CN2C[C@@]3(CCCc4cc(Cl)ccc43)COc3ccc(cc32)C(=O)N1. The summed E-state index contributed by atoms with van der Waals surface area (Å²) in [4.78, 5) is 15.6. The standard InChI is InChI=1S/C31H37ClN2O4S/c1-39(37)15-4-2-3-7-28(35)25-11-8-23(25)18-34-19-31(14-5-6-21-16-24(32)10-12-26(21)31)20-38-29-13-9-22(17-27(29)34)30(36)33-39/h2-3,9-10,12-13,16-17,23,25,28,35H,1,4-8,11,14-15,18-20H2,(H,33,36,37)/b3-2+/t23-,25+,28-,31-,39?/m0/s1. The van der Waals surface area contributed by atoms with Gasteiger partial charge < -0.3 is 14.7 Å². The summed E-state index contributed by atoms with van der Waals surface area (Å²) >= 11 is 6.38. The third-order valence-electron chi connectivity index (χ3n) is 9.16. The van der Waals surface area contributed by atoms with Crippen LogP contribution in [0.15, 0.2) is 48.6 Å². The van der Waals surface area contributed by atoms with Crippen molar-refractivity contribution in [3.63, 3.8) is 0 Å². The zero-order valence-corrected chi connectivity index (χ0v) is 23.8. The number of amides is 1. The number of aliphatic hydroxyl groups is 1. The first-order valence-electron chi connectivity index (χ1n) is 14.0. The molecule has 0 saturated heterocycles. The van der Waals surface area contributed by atoms with Crippen molar-refractivity contribution in [2.24, 2.45) is 11.8 Å². The highest BCUT2D eigenvalue weighted by Crippen LogP contribution is 2.46. The quantitative estimate of drug-likeness (QED) is 0.349. The van der Waals surface area contributed by atoms with Gasteiger partial charge in [-0.3, -0.25) is 9.52 Å².